The minimum atomic E-state index is 0.243. The van der Waals surface area contributed by atoms with Gasteiger partial charge in [-0.3, -0.25) is 0 Å². The van der Waals surface area contributed by atoms with Crippen LogP contribution in [0, 0.1) is 20.4 Å². The van der Waals surface area contributed by atoms with E-state index in [1.54, 1.807) is 12.1 Å². The van der Waals surface area contributed by atoms with Gasteiger partial charge in [0.2, 0.25) is 0 Å². The number of benzene rings is 2. The number of aryl methyl sites for hydroxylation is 2. The molecule has 1 N–H and O–H groups in total. The van der Waals surface area contributed by atoms with Gasteiger partial charge < -0.3 is 9.52 Å². The fourth-order valence-corrected chi connectivity index (χ4v) is 2.32. The van der Waals surface area contributed by atoms with Crippen LogP contribution >= 0.6 is 0 Å². The Morgan fingerprint density at radius 2 is 1.90 bits per heavy atom. The summed E-state index contributed by atoms with van der Waals surface area (Å²) in [6.45, 7) is 10.9. The number of phenols is 1. The number of rotatable bonds is 1. The van der Waals surface area contributed by atoms with Gasteiger partial charge >= 0.3 is 0 Å². The first-order valence-electron chi connectivity index (χ1n) is 6.30. The maximum atomic E-state index is 9.87. The van der Waals surface area contributed by atoms with E-state index in [1.165, 1.54) is 0 Å². The minimum Gasteiger partial charge on any atom is -0.508 e. The average molecular weight is 263 g/mol. The summed E-state index contributed by atoms with van der Waals surface area (Å²) in [5.74, 6) is 1.05. The zero-order valence-electron chi connectivity index (χ0n) is 11.3. The number of fused-ring (bicyclic) bond motifs is 1. The number of hydrogen-bond acceptors (Lipinski definition) is 2. The Morgan fingerprint density at radius 1 is 1.10 bits per heavy atom. The van der Waals surface area contributed by atoms with Crippen LogP contribution < -0.4 is 0 Å². The highest BCUT2D eigenvalue weighted by Crippen LogP contribution is 2.36. The van der Waals surface area contributed by atoms with E-state index in [1.807, 2.05) is 38.1 Å². The predicted octanol–water partition coefficient (Wildman–Crippen LogP) is 4.97. The second kappa shape index (κ2) is 4.43. The predicted molar refractivity (Wildman–Crippen MR) is 79.1 cm³/mol. The van der Waals surface area contributed by atoms with E-state index in [2.05, 4.69) is 4.85 Å². The fraction of sp³-hybridized carbons (Fsp3) is 0.118. The molecule has 1 heterocycles. The maximum absolute atomic E-state index is 9.87. The lowest BCUT2D eigenvalue weighted by atomic mass is 10.0. The Kier molecular flexibility index (Phi) is 2.73. The molecular formula is C17H13NO2. The minimum absolute atomic E-state index is 0.243. The molecule has 0 atom stereocenters. The van der Waals surface area contributed by atoms with Gasteiger partial charge in [-0.05, 0) is 49.2 Å². The fourth-order valence-electron chi connectivity index (χ4n) is 2.32. The van der Waals surface area contributed by atoms with Crippen molar-refractivity contribution in [1.82, 2.24) is 0 Å². The first-order valence-corrected chi connectivity index (χ1v) is 6.30. The molecular weight excluding hydrogens is 250 g/mol. The summed E-state index contributed by atoms with van der Waals surface area (Å²) in [5.41, 5.74) is 3.81. The van der Waals surface area contributed by atoms with Crippen LogP contribution in [0.2, 0.25) is 0 Å². The van der Waals surface area contributed by atoms with Crippen LogP contribution in [0.15, 0.2) is 40.8 Å². The summed E-state index contributed by atoms with van der Waals surface area (Å²) in [4.78, 5) is 3.50. The molecule has 3 heteroatoms. The molecule has 1 aromatic heterocycles. The molecule has 3 aromatic rings. The van der Waals surface area contributed by atoms with Gasteiger partial charge in [0.1, 0.15) is 17.1 Å². The van der Waals surface area contributed by atoms with Crippen LogP contribution in [0.1, 0.15) is 11.3 Å². The lowest BCUT2D eigenvalue weighted by molar-refractivity contribution is 0.471. The van der Waals surface area contributed by atoms with Crippen LogP contribution in [0.25, 0.3) is 26.9 Å². The zero-order valence-corrected chi connectivity index (χ0v) is 11.3. The summed E-state index contributed by atoms with van der Waals surface area (Å²) >= 11 is 0. The molecule has 0 spiro atoms. The first kappa shape index (κ1) is 12.3. The first-order chi connectivity index (χ1) is 9.58. The van der Waals surface area contributed by atoms with E-state index < -0.39 is 0 Å². The van der Waals surface area contributed by atoms with Crippen LogP contribution in [0.5, 0.6) is 5.75 Å². The van der Waals surface area contributed by atoms with Crippen molar-refractivity contribution >= 4 is 16.7 Å². The van der Waals surface area contributed by atoms with Gasteiger partial charge in [0.05, 0.1) is 6.57 Å². The van der Waals surface area contributed by atoms with Gasteiger partial charge in [-0.2, -0.15) is 0 Å². The Labute approximate surface area is 116 Å². The lowest BCUT2D eigenvalue weighted by Gasteiger charge is -2.06. The van der Waals surface area contributed by atoms with Crippen LogP contribution in [-0.4, -0.2) is 5.11 Å². The van der Waals surface area contributed by atoms with Crippen molar-refractivity contribution in [3.8, 4) is 16.9 Å². The molecule has 0 saturated carbocycles. The Morgan fingerprint density at radius 3 is 2.60 bits per heavy atom. The second-order valence-corrected chi connectivity index (χ2v) is 4.88. The molecule has 2 aromatic carbocycles. The van der Waals surface area contributed by atoms with Crippen LogP contribution in [-0.2, 0) is 0 Å². The van der Waals surface area contributed by atoms with Crippen molar-refractivity contribution < 1.29 is 9.52 Å². The van der Waals surface area contributed by atoms with E-state index >= 15 is 0 Å². The summed E-state index contributed by atoms with van der Waals surface area (Å²) in [6, 6.07) is 11.0. The number of nitrogens with zero attached hydrogens (tertiary/aromatic N) is 1. The van der Waals surface area contributed by atoms with Crippen molar-refractivity contribution in [3.63, 3.8) is 0 Å². The molecule has 0 bridgehead atoms. The number of phenolic OH excluding ortho intramolecular Hbond substituents is 1. The van der Waals surface area contributed by atoms with Gasteiger partial charge in [0.15, 0.2) is 5.69 Å². The molecule has 3 rings (SSSR count). The molecule has 0 amide bonds. The lowest BCUT2D eigenvalue weighted by Crippen LogP contribution is -1.81. The summed E-state index contributed by atoms with van der Waals surface area (Å²) in [7, 11) is 0. The van der Waals surface area contributed by atoms with Crippen LogP contribution in [0.3, 0.4) is 0 Å². The molecule has 0 radical (unpaired) electrons. The highest BCUT2D eigenvalue weighted by atomic mass is 16.3. The number of aromatic hydroxyl groups is 1. The topological polar surface area (TPSA) is 37.7 Å². The third kappa shape index (κ3) is 1.92. The Hall–Kier alpha value is -2.73. The molecule has 0 aliphatic carbocycles. The van der Waals surface area contributed by atoms with E-state index in [-0.39, 0.29) is 5.75 Å². The molecule has 98 valence electrons. The third-order valence-corrected chi connectivity index (χ3v) is 3.37. The van der Waals surface area contributed by atoms with Gasteiger partial charge in [0, 0.05) is 10.9 Å². The van der Waals surface area contributed by atoms with Crippen molar-refractivity contribution in [2.75, 3.05) is 0 Å². The summed E-state index contributed by atoms with van der Waals surface area (Å²) in [5, 5.41) is 10.8. The molecule has 0 aliphatic rings. The smallest absolute Gasteiger partial charge is 0.188 e. The average Bonchev–Trinajstić information content (AvgIpc) is 2.80. The molecule has 20 heavy (non-hydrogen) atoms. The van der Waals surface area contributed by atoms with E-state index in [4.69, 9.17) is 11.0 Å². The molecule has 0 fully saturated rings. The second-order valence-electron chi connectivity index (χ2n) is 4.88. The quantitative estimate of drug-likeness (QED) is 0.629. The van der Waals surface area contributed by atoms with E-state index in [0.717, 1.165) is 33.4 Å². The normalized spacial score (nSPS) is 10.7. The largest absolute Gasteiger partial charge is 0.508 e. The van der Waals surface area contributed by atoms with Gasteiger partial charge in [-0.25, -0.2) is 4.85 Å². The number of furan rings is 1. The maximum Gasteiger partial charge on any atom is 0.188 e. The summed E-state index contributed by atoms with van der Waals surface area (Å²) < 4.78 is 5.74. The van der Waals surface area contributed by atoms with Crippen molar-refractivity contribution in [2.45, 2.75) is 13.8 Å². The highest BCUT2D eigenvalue weighted by molar-refractivity contribution is 5.96. The standard InChI is InChI=1S/C17H13NO2/c1-10-4-5-12(8-16(10)19)15-9-14(18-3)7-13-6-11(2)20-17(13)15/h4-9,19H,1-2H3. The molecule has 0 saturated heterocycles. The highest BCUT2D eigenvalue weighted by Gasteiger charge is 2.12. The van der Waals surface area contributed by atoms with E-state index in [9.17, 15) is 5.11 Å². The Bertz CT molecular complexity index is 853. The van der Waals surface area contributed by atoms with Crippen molar-refractivity contribution in [2.24, 2.45) is 0 Å². The SMILES string of the molecule is [C-]#[N+]c1cc(-c2ccc(C)c(O)c2)c2oc(C)cc2c1. The third-order valence-electron chi connectivity index (χ3n) is 3.37. The molecule has 0 unspecified atom stereocenters. The van der Waals surface area contributed by atoms with Crippen molar-refractivity contribution in [1.29, 1.82) is 0 Å². The number of hydrogen-bond donors (Lipinski definition) is 1. The van der Waals surface area contributed by atoms with Crippen molar-refractivity contribution in [3.05, 3.63) is 59.1 Å². The van der Waals surface area contributed by atoms with Gasteiger partial charge in [-0.15, -0.1) is 0 Å². The molecule has 3 nitrogen and oxygen atoms in total. The van der Waals surface area contributed by atoms with Gasteiger partial charge in [-0.1, -0.05) is 12.1 Å². The monoisotopic (exact) mass is 263 g/mol. The molecule has 0 aliphatic heterocycles. The van der Waals surface area contributed by atoms with Crippen LogP contribution in [0.4, 0.5) is 5.69 Å². The zero-order chi connectivity index (χ0) is 14.3. The summed E-state index contributed by atoms with van der Waals surface area (Å²) in [6.07, 6.45) is 0. The van der Waals surface area contributed by atoms with Gasteiger partial charge in [0.25, 0.3) is 0 Å². The Balaban J connectivity index is 2.33. The van der Waals surface area contributed by atoms with E-state index in [0.29, 0.717) is 5.69 Å².